The average molecular weight is 894 g/mol. The highest BCUT2D eigenvalue weighted by Gasteiger charge is 2.74. The molecule has 0 spiro atoms. The summed E-state index contributed by atoms with van der Waals surface area (Å²) in [6, 6.07) is 37.3. The molecule has 5 aromatic rings. The van der Waals surface area contributed by atoms with E-state index in [1.807, 2.05) is 0 Å². The van der Waals surface area contributed by atoms with Gasteiger partial charge >= 0.3 is 23.7 Å². The molecule has 16 nitrogen and oxygen atoms in total. The van der Waals surface area contributed by atoms with Crippen molar-refractivity contribution in [2.24, 2.45) is 0 Å². The first-order valence-corrected chi connectivity index (χ1v) is 21.4. The minimum absolute atomic E-state index is 0.393. The van der Waals surface area contributed by atoms with Gasteiger partial charge in [-0.2, -0.15) is 0 Å². The molecule has 0 unspecified atom stereocenters. The lowest BCUT2D eigenvalue weighted by molar-refractivity contribution is -0.210. The molecule has 0 aliphatic carbocycles. The van der Waals surface area contributed by atoms with Gasteiger partial charge in [0.05, 0.1) is 25.0 Å². The molecule has 0 bridgehead atoms. The van der Waals surface area contributed by atoms with Crippen LogP contribution in [0, 0.1) is 0 Å². The summed E-state index contributed by atoms with van der Waals surface area (Å²) in [6.07, 6.45) is -12.7. The number of ether oxygens (including phenoxy) is 6. The molecule has 7 rings (SSSR count). The summed E-state index contributed by atoms with van der Waals surface area (Å²) >= 11 is 0. The Labute approximate surface area is 367 Å². The zero-order chi connectivity index (χ0) is 45.5. The third-order valence-corrected chi connectivity index (χ3v) is 13.4. The van der Waals surface area contributed by atoms with Crippen molar-refractivity contribution in [3.8, 4) is 5.75 Å². The zero-order valence-corrected chi connectivity index (χ0v) is 35.1. The molecule has 2 aliphatic heterocycles. The molecule has 5 aromatic carbocycles. The first-order chi connectivity index (χ1) is 30.8. The van der Waals surface area contributed by atoms with Gasteiger partial charge in [0, 0.05) is 0 Å². The minimum Gasteiger partial charge on any atom is -0.497 e. The second-order valence-electron chi connectivity index (χ2n) is 15.0. The van der Waals surface area contributed by atoms with Crippen LogP contribution < -0.4 is 4.74 Å². The Balaban J connectivity index is 1.34. The van der Waals surface area contributed by atoms with Crippen LogP contribution in [0.1, 0.15) is 28.7 Å². The molecular formula is C47H43NO15S. The molecule has 2 N–H and O–H groups in total. The summed E-state index contributed by atoms with van der Waals surface area (Å²) in [5.41, 5.74) is -1.87. The van der Waals surface area contributed by atoms with Crippen LogP contribution in [0.4, 0.5) is 4.79 Å². The molecular weight excluding hydrogens is 851 g/mol. The number of sulfone groups is 1. The van der Waals surface area contributed by atoms with Crippen molar-refractivity contribution in [3.63, 3.8) is 0 Å². The van der Waals surface area contributed by atoms with E-state index < -0.39 is 112 Å². The third-order valence-electron chi connectivity index (χ3n) is 11.0. The molecule has 5 atom stereocenters. The van der Waals surface area contributed by atoms with E-state index >= 15 is 0 Å². The molecule has 17 heteroatoms. The number of hydrogen-bond donors (Lipinski definition) is 2. The van der Waals surface area contributed by atoms with Gasteiger partial charge in [-0.25, -0.2) is 22.8 Å². The second-order valence-corrected chi connectivity index (χ2v) is 17.2. The Kier molecular flexibility index (Phi) is 13.5. The summed E-state index contributed by atoms with van der Waals surface area (Å²) in [7, 11) is -3.67. The van der Waals surface area contributed by atoms with E-state index in [-0.39, 0.29) is 0 Å². The summed E-state index contributed by atoms with van der Waals surface area (Å²) in [6.45, 7) is -1.94. The van der Waals surface area contributed by atoms with Crippen molar-refractivity contribution in [2.45, 2.75) is 72.4 Å². The Bertz CT molecular complexity index is 2510. The van der Waals surface area contributed by atoms with E-state index in [1.165, 1.54) is 25.3 Å². The van der Waals surface area contributed by atoms with Crippen LogP contribution in [0.3, 0.4) is 0 Å². The molecule has 332 valence electrons. The maximum atomic E-state index is 15.0. The van der Waals surface area contributed by atoms with Gasteiger partial charge in [-0.05, 0) is 46.5 Å². The third kappa shape index (κ3) is 8.83. The molecule has 2 saturated heterocycles. The van der Waals surface area contributed by atoms with Crippen LogP contribution >= 0.6 is 0 Å². The van der Waals surface area contributed by atoms with Gasteiger partial charge in [0.1, 0.15) is 50.0 Å². The van der Waals surface area contributed by atoms with Gasteiger partial charge in [-0.1, -0.05) is 121 Å². The highest BCUT2D eigenvalue weighted by molar-refractivity contribution is 7.93. The van der Waals surface area contributed by atoms with E-state index in [0.717, 1.165) is 12.1 Å². The molecule has 2 aliphatic rings. The summed E-state index contributed by atoms with van der Waals surface area (Å²) in [5, 5.41) is 24.0. The number of methoxy groups -OCH3 is 1. The van der Waals surface area contributed by atoms with Crippen molar-refractivity contribution in [3.05, 3.63) is 168 Å². The maximum Gasteiger partial charge on any atom is 0.510 e. The number of rotatable bonds is 16. The summed E-state index contributed by atoms with van der Waals surface area (Å²) in [4.78, 5) is 72.3. The summed E-state index contributed by atoms with van der Waals surface area (Å²) in [5.74, 6) is -5.24. The number of amides is 2. The van der Waals surface area contributed by atoms with Crippen molar-refractivity contribution in [2.75, 3.05) is 7.11 Å². The van der Waals surface area contributed by atoms with Crippen molar-refractivity contribution in [1.82, 2.24) is 4.90 Å². The number of aliphatic hydroxyl groups is 2. The maximum absolute atomic E-state index is 15.0. The quantitative estimate of drug-likeness (QED) is 0.0613. The van der Waals surface area contributed by atoms with Crippen molar-refractivity contribution in [1.29, 1.82) is 0 Å². The first-order valence-electron chi connectivity index (χ1n) is 19.9. The topological polar surface area (TPSA) is 219 Å². The average Bonchev–Trinajstić information content (AvgIpc) is 3.77. The standard InChI is InChI=1S/C47H43NO15S/c1-58-35-24-22-31(23-25-35)27-48-37(49)26-46(42(48)52,64(56,57)36-20-12-5-13-21-36)40-38(50)39(51)41(62-40)47(43(53)59-28-32-14-6-2-7-15-32,44(54)60-29-33-16-8-3-9-17-33)63-45(55)61-30-34-18-10-4-11-19-34/h2-25,38-41,50-51H,26-30H2,1H3/t38-,39+,40-,41+,46+/m0/s1. The number of esters is 2. The molecule has 0 radical (unpaired) electrons. The molecule has 2 amide bonds. The fourth-order valence-electron chi connectivity index (χ4n) is 7.60. The van der Waals surface area contributed by atoms with Gasteiger partial charge in [0.2, 0.25) is 5.91 Å². The molecule has 0 saturated carbocycles. The number of carbonyl (C=O) groups is 5. The summed E-state index contributed by atoms with van der Waals surface area (Å²) < 4.78 is 60.4. The fraction of sp³-hybridized carbons (Fsp3) is 0.255. The normalized spacial score (nSPS) is 21.0. The van der Waals surface area contributed by atoms with Gasteiger partial charge < -0.3 is 38.6 Å². The van der Waals surface area contributed by atoms with E-state index in [9.17, 15) is 42.6 Å². The van der Waals surface area contributed by atoms with Crippen LogP contribution in [0.2, 0.25) is 0 Å². The van der Waals surface area contributed by atoms with Crippen LogP contribution in [-0.4, -0.2) is 95.3 Å². The number of aliphatic hydroxyl groups excluding tert-OH is 2. The predicted octanol–water partition coefficient (Wildman–Crippen LogP) is 4.24. The van der Waals surface area contributed by atoms with Gasteiger partial charge in [0.25, 0.3) is 5.91 Å². The van der Waals surface area contributed by atoms with E-state index in [2.05, 4.69) is 0 Å². The highest BCUT2D eigenvalue weighted by atomic mass is 32.2. The van der Waals surface area contributed by atoms with E-state index in [0.29, 0.717) is 32.9 Å². The molecule has 64 heavy (non-hydrogen) atoms. The zero-order valence-electron chi connectivity index (χ0n) is 34.3. The largest absolute Gasteiger partial charge is 0.510 e. The predicted molar refractivity (Wildman–Crippen MR) is 223 cm³/mol. The smallest absolute Gasteiger partial charge is 0.497 e. The number of hydrogen-bond acceptors (Lipinski definition) is 15. The van der Waals surface area contributed by atoms with Gasteiger partial charge in [0.15, 0.2) is 14.6 Å². The van der Waals surface area contributed by atoms with Crippen LogP contribution in [0.15, 0.2) is 150 Å². The molecule has 0 aromatic heterocycles. The highest BCUT2D eigenvalue weighted by Crippen LogP contribution is 2.48. The lowest BCUT2D eigenvalue weighted by Gasteiger charge is -2.36. The first kappa shape index (κ1) is 45.1. The van der Waals surface area contributed by atoms with Crippen LogP contribution in [-0.2, 0) is 79.1 Å². The Morgan fingerprint density at radius 3 is 1.62 bits per heavy atom. The van der Waals surface area contributed by atoms with Gasteiger partial charge in [-0.3, -0.25) is 14.5 Å². The SMILES string of the molecule is COc1ccc(CN2C(=O)C[C@]([C@H]3O[C@@H](C(OC(=O)OCc4ccccc4)(C(=O)OCc4ccccc4)C(=O)OCc4ccccc4)[C@H](O)[C@@H]3O)(S(=O)(=O)c3ccccc3)C2=O)cc1. The minimum atomic E-state index is -5.12. The number of imide groups is 1. The van der Waals surface area contributed by atoms with Crippen molar-refractivity contribution >= 4 is 39.7 Å². The Morgan fingerprint density at radius 1 is 0.672 bits per heavy atom. The lowest BCUT2D eigenvalue weighted by Crippen LogP contribution is -2.63. The Morgan fingerprint density at radius 2 is 1.14 bits per heavy atom. The number of carbonyl (C=O) groups excluding carboxylic acids is 5. The van der Waals surface area contributed by atoms with Gasteiger partial charge in [-0.15, -0.1) is 0 Å². The van der Waals surface area contributed by atoms with Crippen molar-refractivity contribution < 1.29 is 71.0 Å². The van der Waals surface area contributed by atoms with E-state index in [1.54, 1.807) is 115 Å². The van der Waals surface area contributed by atoms with E-state index in [4.69, 9.17) is 28.4 Å². The molecule has 2 heterocycles. The lowest BCUT2D eigenvalue weighted by atomic mass is 9.88. The number of likely N-dealkylation sites (tertiary alicyclic amines) is 1. The Hall–Kier alpha value is -6.92. The van der Waals surface area contributed by atoms with Crippen LogP contribution in [0.5, 0.6) is 5.75 Å². The second kappa shape index (κ2) is 19.2. The van der Waals surface area contributed by atoms with Crippen LogP contribution in [0.25, 0.3) is 0 Å². The monoisotopic (exact) mass is 893 g/mol. The number of nitrogens with zero attached hydrogens (tertiary/aromatic N) is 1. The fourth-order valence-corrected chi connectivity index (χ4v) is 9.69. The number of benzene rings is 5. The molecule has 2 fully saturated rings.